The summed E-state index contributed by atoms with van der Waals surface area (Å²) in [6.07, 6.45) is -1.10. The van der Waals surface area contributed by atoms with Gasteiger partial charge < -0.3 is 24.4 Å². The van der Waals surface area contributed by atoms with Crippen LogP contribution in [0.5, 0.6) is 5.75 Å². The van der Waals surface area contributed by atoms with Crippen molar-refractivity contribution in [3.63, 3.8) is 0 Å². The van der Waals surface area contributed by atoms with Crippen molar-refractivity contribution in [2.45, 2.75) is 52.9 Å². The Morgan fingerprint density at radius 1 is 1.05 bits per heavy atom. The molecule has 0 aliphatic rings. The van der Waals surface area contributed by atoms with Gasteiger partial charge >= 0.3 is 12.1 Å². The Bertz CT molecular complexity index is 1110. The molecule has 2 aromatic rings. The quantitative estimate of drug-likeness (QED) is 0.204. The summed E-state index contributed by atoms with van der Waals surface area (Å²) >= 11 is 11.7. The summed E-state index contributed by atoms with van der Waals surface area (Å²) in [4.78, 5) is 38.7. The van der Waals surface area contributed by atoms with Crippen molar-refractivity contribution in [2.24, 2.45) is 5.92 Å². The van der Waals surface area contributed by atoms with E-state index < -0.39 is 24.0 Å². The number of esters is 1. The van der Waals surface area contributed by atoms with Crippen LogP contribution < -0.4 is 10.1 Å². The Morgan fingerprint density at radius 2 is 1.71 bits per heavy atom. The molecule has 2 aromatic carbocycles. The second-order valence-corrected chi connectivity index (χ2v) is 10.5. The zero-order chi connectivity index (χ0) is 28.5. The fourth-order valence-corrected chi connectivity index (χ4v) is 3.59. The molecule has 0 heterocycles. The van der Waals surface area contributed by atoms with Gasteiger partial charge in [0.1, 0.15) is 5.75 Å². The van der Waals surface area contributed by atoms with Gasteiger partial charge in [0.15, 0.2) is 5.60 Å². The molecule has 0 saturated heterocycles. The second-order valence-electron chi connectivity index (χ2n) is 9.74. The minimum atomic E-state index is -1.34. The lowest BCUT2D eigenvalue weighted by atomic mass is 10.1. The molecule has 1 unspecified atom stereocenters. The average Bonchev–Trinajstić information content (AvgIpc) is 2.85. The van der Waals surface area contributed by atoms with E-state index in [1.54, 1.807) is 65.1 Å². The molecule has 1 N–H and O–H groups in total. The van der Waals surface area contributed by atoms with E-state index in [0.29, 0.717) is 35.8 Å². The number of rotatable bonds is 12. The average molecular weight is 568 g/mol. The van der Waals surface area contributed by atoms with Gasteiger partial charge in [0.2, 0.25) is 0 Å². The Morgan fingerprint density at radius 3 is 2.29 bits per heavy atom. The summed E-state index contributed by atoms with van der Waals surface area (Å²) in [5, 5.41) is 3.52. The topological polar surface area (TPSA) is 94.2 Å². The lowest BCUT2D eigenvalue weighted by molar-refractivity contribution is -0.190. The number of alkyl halides is 1. The number of aryl methyl sites for hydroxylation is 1. The predicted octanol–water partition coefficient (Wildman–Crippen LogP) is 5.61. The van der Waals surface area contributed by atoms with Crippen LogP contribution in [0.4, 0.5) is 4.79 Å². The molecule has 0 radical (unpaired) electrons. The van der Waals surface area contributed by atoms with Gasteiger partial charge in [0.05, 0.1) is 0 Å². The van der Waals surface area contributed by atoms with Crippen molar-refractivity contribution in [2.75, 3.05) is 26.0 Å². The lowest BCUT2D eigenvalue weighted by Crippen LogP contribution is -2.44. The minimum Gasteiger partial charge on any atom is -0.476 e. The van der Waals surface area contributed by atoms with E-state index in [1.165, 1.54) is 4.90 Å². The second kappa shape index (κ2) is 14.3. The molecule has 208 valence electrons. The summed E-state index contributed by atoms with van der Waals surface area (Å²) in [5.74, 6) is -0.382. The Labute approximate surface area is 234 Å². The van der Waals surface area contributed by atoms with E-state index in [2.05, 4.69) is 5.32 Å². The maximum absolute atomic E-state index is 12.9. The Balaban J connectivity index is 1.90. The molecule has 0 fully saturated rings. The summed E-state index contributed by atoms with van der Waals surface area (Å²) in [5.41, 5.74) is 1.05. The summed E-state index contributed by atoms with van der Waals surface area (Å²) in [7, 11) is 1.55. The minimum absolute atomic E-state index is 0.166. The molecule has 10 heteroatoms. The summed E-state index contributed by atoms with van der Waals surface area (Å²) in [6.45, 7) is 9.32. The smallest absolute Gasteiger partial charge is 0.412 e. The molecule has 0 aliphatic heterocycles. The molecular weight excluding hydrogens is 531 g/mol. The first kappa shape index (κ1) is 31.2. The third kappa shape index (κ3) is 9.40. The Kier molecular flexibility index (Phi) is 11.7. The Hall–Kier alpha value is -2.97. The van der Waals surface area contributed by atoms with Crippen LogP contribution in [-0.4, -0.2) is 60.8 Å². The molecule has 1 atom stereocenters. The van der Waals surface area contributed by atoms with Gasteiger partial charge in [-0.3, -0.25) is 4.79 Å². The number of halogens is 2. The number of hydrogen-bond donors (Lipinski definition) is 1. The monoisotopic (exact) mass is 566 g/mol. The van der Waals surface area contributed by atoms with Crippen molar-refractivity contribution in [3.05, 3.63) is 64.2 Å². The number of benzene rings is 2. The highest BCUT2D eigenvalue weighted by Gasteiger charge is 2.36. The van der Waals surface area contributed by atoms with Gasteiger partial charge in [0, 0.05) is 42.5 Å². The van der Waals surface area contributed by atoms with Crippen LogP contribution in [0.1, 0.15) is 49.2 Å². The number of amides is 2. The van der Waals surface area contributed by atoms with Gasteiger partial charge in [-0.1, -0.05) is 37.6 Å². The van der Waals surface area contributed by atoms with Crippen molar-refractivity contribution >= 4 is 41.2 Å². The molecule has 8 nitrogen and oxygen atoms in total. The first-order valence-electron chi connectivity index (χ1n) is 12.3. The van der Waals surface area contributed by atoms with E-state index >= 15 is 0 Å². The van der Waals surface area contributed by atoms with Crippen LogP contribution in [0.2, 0.25) is 5.02 Å². The number of ether oxygens (including phenoxy) is 3. The van der Waals surface area contributed by atoms with Crippen LogP contribution in [0.15, 0.2) is 42.5 Å². The van der Waals surface area contributed by atoms with Crippen LogP contribution in [-0.2, 0) is 20.7 Å². The van der Waals surface area contributed by atoms with E-state index in [0.717, 1.165) is 11.1 Å². The summed E-state index contributed by atoms with van der Waals surface area (Å²) < 4.78 is 16.7. The predicted molar refractivity (Wildman–Crippen MR) is 148 cm³/mol. The number of carbonyl (C=O) groups excluding carboxylic acids is 3. The number of nitrogens with one attached hydrogen (secondary N) is 1. The SMILES string of the molecule is Cc1cc(C(=O)NCCc2ccc(OC(C)(C)C(=O)OC(OC(=O)N(C)CCCl)C(C)C)cc2)ccc1Cl. The lowest BCUT2D eigenvalue weighted by Gasteiger charge is -2.29. The standard InChI is InChI=1S/C28H36Cl2N2O6/c1-18(2)25(37-27(35)32(6)16-14-29)36-26(34)28(4,5)38-22-10-7-20(8-11-22)13-15-31-24(33)21-9-12-23(30)19(3)17-21/h7-12,17-18,25H,13-16H2,1-6H3,(H,31,33). The van der Waals surface area contributed by atoms with Crippen LogP contribution in [0.25, 0.3) is 0 Å². The first-order valence-corrected chi connectivity index (χ1v) is 13.3. The highest BCUT2D eigenvalue weighted by molar-refractivity contribution is 6.31. The van der Waals surface area contributed by atoms with Gasteiger partial charge in [-0.2, -0.15) is 0 Å². The normalized spacial score (nSPS) is 12.0. The van der Waals surface area contributed by atoms with Gasteiger partial charge in [0.25, 0.3) is 12.2 Å². The molecule has 0 saturated carbocycles. The molecule has 0 spiro atoms. The van der Waals surface area contributed by atoms with E-state index in [4.69, 9.17) is 37.4 Å². The van der Waals surface area contributed by atoms with Crippen molar-refractivity contribution < 1.29 is 28.6 Å². The van der Waals surface area contributed by atoms with E-state index in [-0.39, 0.29) is 17.7 Å². The third-order valence-corrected chi connectivity index (χ3v) is 6.22. The molecule has 2 rings (SSSR count). The molecular formula is C28H36Cl2N2O6. The zero-order valence-electron chi connectivity index (χ0n) is 22.7. The first-order chi connectivity index (χ1) is 17.8. The molecule has 38 heavy (non-hydrogen) atoms. The number of carbonyl (C=O) groups is 3. The van der Waals surface area contributed by atoms with Gasteiger partial charge in [-0.25, -0.2) is 9.59 Å². The van der Waals surface area contributed by atoms with Gasteiger partial charge in [-0.05, 0) is 68.7 Å². The summed E-state index contributed by atoms with van der Waals surface area (Å²) in [6, 6.07) is 12.4. The van der Waals surface area contributed by atoms with Crippen LogP contribution in [0, 0.1) is 12.8 Å². The number of nitrogens with zero attached hydrogens (tertiary/aromatic N) is 1. The molecule has 2 amide bonds. The fourth-order valence-electron chi connectivity index (χ4n) is 3.22. The maximum Gasteiger partial charge on any atom is 0.412 e. The van der Waals surface area contributed by atoms with Crippen molar-refractivity contribution in [1.29, 1.82) is 0 Å². The van der Waals surface area contributed by atoms with E-state index in [9.17, 15) is 14.4 Å². The molecule has 0 aromatic heterocycles. The van der Waals surface area contributed by atoms with Gasteiger partial charge in [-0.15, -0.1) is 11.6 Å². The van der Waals surface area contributed by atoms with E-state index in [1.807, 2.05) is 19.1 Å². The maximum atomic E-state index is 12.9. The molecule has 0 bridgehead atoms. The highest BCUT2D eigenvalue weighted by Crippen LogP contribution is 2.23. The van der Waals surface area contributed by atoms with Crippen LogP contribution in [0.3, 0.4) is 0 Å². The highest BCUT2D eigenvalue weighted by atomic mass is 35.5. The number of hydrogen-bond acceptors (Lipinski definition) is 6. The molecule has 0 aliphatic carbocycles. The fraction of sp³-hybridized carbons (Fsp3) is 0.464. The van der Waals surface area contributed by atoms with Crippen molar-refractivity contribution in [1.82, 2.24) is 10.2 Å². The third-order valence-electron chi connectivity index (χ3n) is 5.62. The van der Waals surface area contributed by atoms with Crippen molar-refractivity contribution in [3.8, 4) is 5.75 Å². The van der Waals surface area contributed by atoms with Crippen LogP contribution >= 0.6 is 23.2 Å². The zero-order valence-corrected chi connectivity index (χ0v) is 24.2. The largest absolute Gasteiger partial charge is 0.476 e.